The summed E-state index contributed by atoms with van der Waals surface area (Å²) in [4.78, 5) is 22.5. The van der Waals surface area contributed by atoms with Gasteiger partial charge in [0.15, 0.2) is 0 Å². The molecule has 98 valence electrons. The molecule has 19 heavy (non-hydrogen) atoms. The van der Waals surface area contributed by atoms with E-state index in [-0.39, 0.29) is 6.42 Å². The Morgan fingerprint density at radius 2 is 1.95 bits per heavy atom. The van der Waals surface area contributed by atoms with E-state index < -0.39 is 12.0 Å². The molecular weight excluding hydrogens is 264 g/mol. The molecule has 0 atom stereocenters. The number of thiophene rings is 1. The summed E-state index contributed by atoms with van der Waals surface area (Å²) >= 11 is 1.48. The van der Waals surface area contributed by atoms with E-state index in [2.05, 4.69) is 10.6 Å². The average molecular weight is 276 g/mol. The number of carboxylic acids is 1. The summed E-state index contributed by atoms with van der Waals surface area (Å²) < 4.78 is 0. The number of carbonyl (C=O) groups excluding carboxylic acids is 1. The van der Waals surface area contributed by atoms with Crippen molar-refractivity contribution in [3.05, 3.63) is 46.7 Å². The number of carbonyl (C=O) groups is 2. The largest absolute Gasteiger partial charge is 0.481 e. The number of hydrogen-bond acceptors (Lipinski definition) is 3. The second kappa shape index (κ2) is 6.01. The van der Waals surface area contributed by atoms with Gasteiger partial charge in [-0.1, -0.05) is 18.2 Å². The van der Waals surface area contributed by atoms with Gasteiger partial charge in [-0.05, 0) is 23.1 Å². The van der Waals surface area contributed by atoms with Crippen molar-refractivity contribution in [3.63, 3.8) is 0 Å². The molecule has 1 heterocycles. The van der Waals surface area contributed by atoms with Crippen molar-refractivity contribution in [3.8, 4) is 0 Å². The highest BCUT2D eigenvalue weighted by Crippen LogP contribution is 2.17. The van der Waals surface area contributed by atoms with Gasteiger partial charge in [0.05, 0.1) is 12.1 Å². The van der Waals surface area contributed by atoms with Gasteiger partial charge in [0.1, 0.15) is 0 Å². The van der Waals surface area contributed by atoms with Gasteiger partial charge in [0.25, 0.3) is 0 Å². The van der Waals surface area contributed by atoms with Crippen molar-refractivity contribution >= 4 is 34.7 Å². The normalized spacial score (nSPS) is 9.89. The molecule has 5 nitrogen and oxygen atoms in total. The van der Waals surface area contributed by atoms with Crippen LogP contribution in [0.25, 0.3) is 0 Å². The Balaban J connectivity index is 2.06. The number of carboxylic acid groups (broad SMARTS) is 1. The summed E-state index contributed by atoms with van der Waals surface area (Å²) in [7, 11) is 0. The zero-order valence-corrected chi connectivity index (χ0v) is 10.7. The fraction of sp³-hybridized carbons (Fsp3) is 0.0769. The number of aliphatic carboxylic acids is 1. The molecule has 1 aromatic carbocycles. The zero-order valence-electron chi connectivity index (χ0n) is 9.92. The molecule has 0 fully saturated rings. The standard InChI is InChI=1S/C13H12N2O3S/c16-12(17)7-9-3-1-2-4-11(9)15-13(18)14-10-5-6-19-8-10/h1-6,8H,7H2,(H,16,17)(H2,14,15,18). The summed E-state index contributed by atoms with van der Waals surface area (Å²) in [5.41, 5.74) is 1.77. The van der Waals surface area contributed by atoms with Gasteiger partial charge >= 0.3 is 12.0 Å². The minimum atomic E-state index is -0.938. The SMILES string of the molecule is O=C(O)Cc1ccccc1NC(=O)Nc1ccsc1. The van der Waals surface area contributed by atoms with Gasteiger partial charge in [-0.3, -0.25) is 4.79 Å². The molecule has 0 spiro atoms. The number of benzene rings is 1. The Hall–Kier alpha value is -2.34. The second-order valence-electron chi connectivity index (χ2n) is 3.82. The molecule has 2 aromatic rings. The molecular formula is C13H12N2O3S. The maximum Gasteiger partial charge on any atom is 0.323 e. The Labute approximate surface area is 113 Å². The molecule has 0 unspecified atom stereocenters. The van der Waals surface area contributed by atoms with Crippen LogP contribution < -0.4 is 10.6 Å². The van der Waals surface area contributed by atoms with Crippen LogP contribution in [0.15, 0.2) is 41.1 Å². The van der Waals surface area contributed by atoms with Gasteiger partial charge in [-0.25, -0.2) is 4.79 Å². The summed E-state index contributed by atoms with van der Waals surface area (Å²) in [6.07, 6.45) is -0.130. The number of rotatable bonds is 4. The third-order valence-corrected chi connectivity index (χ3v) is 3.07. The Bertz CT molecular complexity index is 581. The molecule has 6 heteroatoms. The predicted molar refractivity (Wildman–Crippen MR) is 74.7 cm³/mol. The Kier molecular flexibility index (Phi) is 4.15. The van der Waals surface area contributed by atoms with E-state index in [0.29, 0.717) is 16.9 Å². The first-order chi connectivity index (χ1) is 9.15. The van der Waals surface area contributed by atoms with Gasteiger partial charge in [-0.2, -0.15) is 11.3 Å². The van der Waals surface area contributed by atoms with Gasteiger partial charge in [0.2, 0.25) is 0 Å². The molecule has 0 aliphatic heterocycles. The minimum absolute atomic E-state index is 0.130. The van der Waals surface area contributed by atoms with Crippen LogP contribution in [-0.4, -0.2) is 17.1 Å². The van der Waals surface area contributed by atoms with E-state index in [9.17, 15) is 9.59 Å². The van der Waals surface area contributed by atoms with Crippen LogP contribution in [0.3, 0.4) is 0 Å². The first-order valence-corrected chi connectivity index (χ1v) is 6.49. The third kappa shape index (κ3) is 3.82. The predicted octanol–water partition coefficient (Wildman–Crippen LogP) is 3.02. The number of hydrogen-bond donors (Lipinski definition) is 3. The topological polar surface area (TPSA) is 78.4 Å². The molecule has 1 aromatic heterocycles. The quantitative estimate of drug-likeness (QED) is 0.803. The van der Waals surface area contributed by atoms with E-state index in [1.165, 1.54) is 11.3 Å². The van der Waals surface area contributed by atoms with E-state index in [1.807, 2.05) is 10.8 Å². The lowest BCUT2D eigenvalue weighted by molar-refractivity contribution is -0.136. The van der Waals surface area contributed by atoms with Crippen LogP contribution in [0.5, 0.6) is 0 Å². The summed E-state index contributed by atoms with van der Waals surface area (Å²) in [6, 6.07) is 8.22. The minimum Gasteiger partial charge on any atom is -0.481 e. The fourth-order valence-corrected chi connectivity index (χ4v) is 2.17. The maximum atomic E-state index is 11.8. The van der Waals surface area contributed by atoms with Crippen molar-refractivity contribution in [2.75, 3.05) is 10.6 Å². The monoisotopic (exact) mass is 276 g/mol. The Morgan fingerprint density at radius 1 is 1.16 bits per heavy atom. The van der Waals surface area contributed by atoms with Crippen molar-refractivity contribution in [1.29, 1.82) is 0 Å². The van der Waals surface area contributed by atoms with E-state index in [0.717, 1.165) is 0 Å². The van der Waals surface area contributed by atoms with Crippen molar-refractivity contribution in [2.45, 2.75) is 6.42 Å². The molecule has 0 bridgehead atoms. The smallest absolute Gasteiger partial charge is 0.323 e. The summed E-state index contributed by atoms with van der Waals surface area (Å²) in [5, 5.41) is 17.8. The van der Waals surface area contributed by atoms with Crippen LogP contribution in [-0.2, 0) is 11.2 Å². The lowest BCUT2D eigenvalue weighted by Gasteiger charge is -2.10. The number of amides is 2. The van der Waals surface area contributed by atoms with Crippen LogP contribution in [0.2, 0.25) is 0 Å². The maximum absolute atomic E-state index is 11.8. The highest BCUT2D eigenvalue weighted by Gasteiger charge is 2.09. The number of nitrogens with one attached hydrogen (secondary N) is 2. The first-order valence-electron chi connectivity index (χ1n) is 5.55. The van der Waals surface area contributed by atoms with Crippen molar-refractivity contribution in [2.24, 2.45) is 0 Å². The third-order valence-electron chi connectivity index (χ3n) is 2.39. The molecule has 0 aliphatic rings. The molecule has 0 saturated heterocycles. The Morgan fingerprint density at radius 3 is 2.63 bits per heavy atom. The average Bonchev–Trinajstić information content (AvgIpc) is 2.83. The van der Waals surface area contributed by atoms with Gasteiger partial charge in [-0.15, -0.1) is 0 Å². The van der Waals surface area contributed by atoms with Crippen LogP contribution in [0.1, 0.15) is 5.56 Å². The second-order valence-corrected chi connectivity index (χ2v) is 4.60. The van der Waals surface area contributed by atoms with E-state index in [4.69, 9.17) is 5.11 Å². The van der Waals surface area contributed by atoms with E-state index >= 15 is 0 Å². The highest BCUT2D eigenvalue weighted by molar-refractivity contribution is 7.08. The lowest BCUT2D eigenvalue weighted by Crippen LogP contribution is -2.20. The number of anilines is 2. The lowest BCUT2D eigenvalue weighted by atomic mass is 10.1. The van der Waals surface area contributed by atoms with Gasteiger partial charge in [0, 0.05) is 11.1 Å². The van der Waals surface area contributed by atoms with Crippen molar-refractivity contribution in [1.82, 2.24) is 0 Å². The summed E-state index contributed by atoms with van der Waals surface area (Å²) in [6.45, 7) is 0. The molecule has 0 saturated carbocycles. The molecule has 0 radical (unpaired) electrons. The van der Waals surface area contributed by atoms with Crippen LogP contribution in [0.4, 0.5) is 16.2 Å². The number of urea groups is 1. The van der Waals surface area contributed by atoms with Crippen LogP contribution >= 0.6 is 11.3 Å². The molecule has 0 aliphatic carbocycles. The van der Waals surface area contributed by atoms with Gasteiger partial charge < -0.3 is 15.7 Å². The molecule has 3 N–H and O–H groups in total. The molecule has 2 amide bonds. The van der Waals surface area contributed by atoms with Crippen LogP contribution in [0, 0.1) is 0 Å². The van der Waals surface area contributed by atoms with Crippen molar-refractivity contribution < 1.29 is 14.7 Å². The highest BCUT2D eigenvalue weighted by atomic mass is 32.1. The number of para-hydroxylation sites is 1. The fourth-order valence-electron chi connectivity index (χ4n) is 1.58. The molecule has 2 rings (SSSR count). The van der Waals surface area contributed by atoms with E-state index in [1.54, 1.807) is 30.3 Å². The summed E-state index contributed by atoms with van der Waals surface area (Å²) in [5.74, 6) is -0.938. The first kappa shape index (κ1) is 13.1. The zero-order chi connectivity index (χ0) is 13.7.